The number of nitrogens with zero attached hydrogens (tertiary/aromatic N) is 2. The highest BCUT2D eigenvalue weighted by atomic mass is 127. The molecule has 148 valence electrons. The van der Waals surface area contributed by atoms with Crippen LogP contribution in [0.1, 0.15) is 12.0 Å². The van der Waals surface area contributed by atoms with Crippen LogP contribution in [-0.2, 0) is 15.9 Å². The summed E-state index contributed by atoms with van der Waals surface area (Å²) in [6.07, 6.45) is 1.59. The van der Waals surface area contributed by atoms with Crippen LogP contribution < -0.4 is 5.32 Å². The van der Waals surface area contributed by atoms with E-state index in [2.05, 4.69) is 15.2 Å². The zero-order valence-corrected chi connectivity index (χ0v) is 17.7. The third kappa shape index (κ3) is 7.71. The van der Waals surface area contributed by atoms with Gasteiger partial charge in [-0.3, -0.25) is 4.99 Å². The van der Waals surface area contributed by atoms with Crippen molar-refractivity contribution in [3.8, 4) is 0 Å². The molecule has 1 aliphatic heterocycles. The minimum absolute atomic E-state index is 0. The van der Waals surface area contributed by atoms with Crippen LogP contribution in [0.2, 0.25) is 0 Å². The number of likely N-dealkylation sites (tertiary alicyclic amines) is 1. The van der Waals surface area contributed by atoms with E-state index in [1.54, 1.807) is 14.2 Å². The Morgan fingerprint density at radius 3 is 2.65 bits per heavy atom. The summed E-state index contributed by atoms with van der Waals surface area (Å²) in [5.41, 5.74) is 0.631. The van der Waals surface area contributed by atoms with Gasteiger partial charge in [-0.2, -0.15) is 0 Å². The van der Waals surface area contributed by atoms with Gasteiger partial charge in [0.25, 0.3) is 0 Å². The fraction of sp³-hybridized carbons (Fsp3) is 0.611. The zero-order chi connectivity index (χ0) is 18.1. The van der Waals surface area contributed by atoms with E-state index in [0.29, 0.717) is 37.7 Å². The maximum absolute atomic E-state index is 13.2. The average Bonchev–Trinajstić information content (AvgIpc) is 3.03. The summed E-state index contributed by atoms with van der Waals surface area (Å²) in [6, 6.07) is 3.60. The number of ether oxygens (including phenoxy) is 2. The molecule has 0 bridgehead atoms. The molecule has 1 aromatic rings. The number of hydrogen-bond donors (Lipinski definition) is 1. The van der Waals surface area contributed by atoms with Crippen molar-refractivity contribution in [2.24, 2.45) is 10.9 Å². The van der Waals surface area contributed by atoms with Gasteiger partial charge in [-0.15, -0.1) is 24.0 Å². The van der Waals surface area contributed by atoms with Crippen LogP contribution in [0.15, 0.2) is 23.2 Å². The number of benzene rings is 1. The summed E-state index contributed by atoms with van der Waals surface area (Å²) in [7, 11) is 3.40. The smallest absolute Gasteiger partial charge is 0.193 e. The van der Waals surface area contributed by atoms with Gasteiger partial charge in [0.1, 0.15) is 11.6 Å². The number of methoxy groups -OCH3 is 1. The van der Waals surface area contributed by atoms with Crippen molar-refractivity contribution < 1.29 is 18.3 Å². The second-order valence-corrected chi connectivity index (χ2v) is 6.17. The maximum atomic E-state index is 13.2. The Kier molecular flexibility index (Phi) is 11.0. The zero-order valence-electron chi connectivity index (χ0n) is 15.3. The summed E-state index contributed by atoms with van der Waals surface area (Å²) < 4.78 is 37.0. The number of halogens is 3. The normalized spacial score (nSPS) is 17.3. The molecular formula is C18H28F2IN3O2. The number of hydrogen-bond acceptors (Lipinski definition) is 3. The molecule has 1 aromatic carbocycles. The quantitative estimate of drug-likeness (QED) is 0.268. The minimum atomic E-state index is -0.546. The highest BCUT2D eigenvalue weighted by Gasteiger charge is 2.24. The molecule has 1 unspecified atom stereocenters. The molecule has 0 spiro atoms. The van der Waals surface area contributed by atoms with E-state index in [0.717, 1.165) is 38.1 Å². The van der Waals surface area contributed by atoms with Crippen LogP contribution in [0.4, 0.5) is 8.78 Å². The van der Waals surface area contributed by atoms with Gasteiger partial charge in [-0.25, -0.2) is 8.78 Å². The molecule has 2 rings (SSSR count). The summed E-state index contributed by atoms with van der Waals surface area (Å²) in [5.74, 6) is 0.203. The molecule has 0 aliphatic carbocycles. The first-order valence-corrected chi connectivity index (χ1v) is 8.59. The highest BCUT2D eigenvalue weighted by molar-refractivity contribution is 14.0. The Morgan fingerprint density at radius 2 is 2.00 bits per heavy atom. The fourth-order valence-corrected chi connectivity index (χ4v) is 2.96. The third-order valence-corrected chi connectivity index (χ3v) is 4.20. The lowest BCUT2D eigenvalue weighted by molar-refractivity contribution is 0.0536. The molecule has 0 radical (unpaired) electrons. The van der Waals surface area contributed by atoms with Gasteiger partial charge in [0.15, 0.2) is 5.96 Å². The van der Waals surface area contributed by atoms with E-state index < -0.39 is 11.6 Å². The van der Waals surface area contributed by atoms with Crippen LogP contribution in [0.25, 0.3) is 0 Å². The van der Waals surface area contributed by atoms with Gasteiger partial charge >= 0.3 is 0 Å². The lowest BCUT2D eigenvalue weighted by atomic mass is 10.1. The highest BCUT2D eigenvalue weighted by Crippen LogP contribution is 2.16. The summed E-state index contributed by atoms with van der Waals surface area (Å²) in [4.78, 5) is 6.49. The second-order valence-electron chi connectivity index (χ2n) is 6.17. The van der Waals surface area contributed by atoms with Crippen molar-refractivity contribution >= 4 is 29.9 Å². The second kappa shape index (κ2) is 12.4. The van der Waals surface area contributed by atoms with Gasteiger partial charge < -0.3 is 19.7 Å². The monoisotopic (exact) mass is 483 g/mol. The van der Waals surface area contributed by atoms with Crippen molar-refractivity contribution in [2.45, 2.75) is 12.8 Å². The molecule has 26 heavy (non-hydrogen) atoms. The standard InChI is InChI=1S/C18H27F2N3O2.HI/c1-21-18(22-5-3-14-9-16(19)11-17(20)10-14)23-6-4-15(12-23)13-25-8-7-24-2;/h9-11,15H,3-8,12-13H2,1-2H3,(H,21,22);1H. The van der Waals surface area contributed by atoms with E-state index in [9.17, 15) is 8.78 Å². The van der Waals surface area contributed by atoms with Crippen molar-refractivity contribution in [3.63, 3.8) is 0 Å². The Morgan fingerprint density at radius 1 is 1.27 bits per heavy atom. The molecule has 5 nitrogen and oxygen atoms in total. The van der Waals surface area contributed by atoms with Gasteiger partial charge in [-0.1, -0.05) is 0 Å². The molecule has 1 N–H and O–H groups in total. The predicted octanol–water partition coefficient (Wildman–Crippen LogP) is 2.69. The SMILES string of the molecule is CN=C(NCCc1cc(F)cc(F)c1)N1CCC(COCCOC)C1.I. The first-order valence-electron chi connectivity index (χ1n) is 8.59. The topological polar surface area (TPSA) is 46.1 Å². The van der Waals surface area contributed by atoms with E-state index in [4.69, 9.17) is 9.47 Å². The number of nitrogens with one attached hydrogen (secondary N) is 1. The molecule has 0 aromatic heterocycles. The van der Waals surface area contributed by atoms with Gasteiger partial charge in [0.2, 0.25) is 0 Å². The first kappa shape index (κ1) is 23.0. The molecule has 1 fully saturated rings. The summed E-state index contributed by atoms with van der Waals surface area (Å²) in [5, 5.41) is 3.27. The van der Waals surface area contributed by atoms with E-state index in [1.807, 2.05) is 0 Å². The molecule has 1 aliphatic rings. The van der Waals surface area contributed by atoms with Crippen LogP contribution in [-0.4, -0.2) is 64.5 Å². The van der Waals surface area contributed by atoms with Gasteiger partial charge in [-0.05, 0) is 30.5 Å². The van der Waals surface area contributed by atoms with Crippen molar-refractivity contribution in [2.75, 3.05) is 53.6 Å². The number of rotatable bonds is 8. The van der Waals surface area contributed by atoms with Crippen molar-refractivity contribution in [1.29, 1.82) is 0 Å². The van der Waals surface area contributed by atoms with Gasteiger partial charge in [0.05, 0.1) is 19.8 Å². The van der Waals surface area contributed by atoms with E-state index in [1.165, 1.54) is 12.1 Å². The first-order chi connectivity index (χ1) is 12.1. The Hall–Kier alpha value is -1.00. The molecule has 0 amide bonds. The fourth-order valence-electron chi connectivity index (χ4n) is 2.96. The molecule has 1 atom stereocenters. The molecule has 1 heterocycles. The Labute approximate surface area is 171 Å². The lowest BCUT2D eigenvalue weighted by Gasteiger charge is -2.21. The minimum Gasteiger partial charge on any atom is -0.382 e. The largest absolute Gasteiger partial charge is 0.382 e. The van der Waals surface area contributed by atoms with Crippen LogP contribution >= 0.6 is 24.0 Å². The van der Waals surface area contributed by atoms with Crippen molar-refractivity contribution in [3.05, 3.63) is 35.4 Å². The number of guanidine groups is 1. The van der Waals surface area contributed by atoms with Crippen LogP contribution in [0, 0.1) is 17.6 Å². The van der Waals surface area contributed by atoms with Gasteiger partial charge in [0, 0.05) is 45.8 Å². The lowest BCUT2D eigenvalue weighted by Crippen LogP contribution is -2.41. The summed E-state index contributed by atoms with van der Waals surface area (Å²) in [6.45, 7) is 4.33. The molecular weight excluding hydrogens is 455 g/mol. The maximum Gasteiger partial charge on any atom is 0.193 e. The number of aliphatic imine (C=N–C) groups is 1. The molecule has 0 saturated carbocycles. The predicted molar refractivity (Wildman–Crippen MR) is 109 cm³/mol. The Bertz CT molecular complexity index is 555. The van der Waals surface area contributed by atoms with Crippen LogP contribution in [0.3, 0.4) is 0 Å². The molecule has 8 heteroatoms. The van der Waals surface area contributed by atoms with Crippen molar-refractivity contribution in [1.82, 2.24) is 10.2 Å². The molecule has 1 saturated heterocycles. The third-order valence-electron chi connectivity index (χ3n) is 4.20. The van der Waals surface area contributed by atoms with Crippen LogP contribution in [0.5, 0.6) is 0 Å². The average molecular weight is 483 g/mol. The van der Waals surface area contributed by atoms with E-state index in [-0.39, 0.29) is 24.0 Å². The van der Waals surface area contributed by atoms with E-state index >= 15 is 0 Å². The Balaban J connectivity index is 0.00000338. The summed E-state index contributed by atoms with van der Waals surface area (Å²) >= 11 is 0.